The first-order valence-electron chi connectivity index (χ1n) is 8.34. The van der Waals surface area contributed by atoms with Gasteiger partial charge in [-0.15, -0.1) is 0 Å². The van der Waals surface area contributed by atoms with Gasteiger partial charge in [-0.25, -0.2) is 9.97 Å². The average molecular weight is 331 g/mol. The zero-order valence-corrected chi connectivity index (χ0v) is 14.9. The van der Waals surface area contributed by atoms with Gasteiger partial charge in [0.1, 0.15) is 17.8 Å². The number of hydrogen-bond acceptors (Lipinski definition) is 4. The summed E-state index contributed by atoms with van der Waals surface area (Å²) in [5.41, 5.74) is 10.3. The Hall–Kier alpha value is -2.95. The van der Waals surface area contributed by atoms with Crippen LogP contribution in [0.15, 0.2) is 43.0 Å². The first-order valence-corrected chi connectivity index (χ1v) is 8.34. The maximum atomic E-state index is 6.28. The van der Waals surface area contributed by atoms with Gasteiger partial charge in [-0.05, 0) is 33.1 Å². The standard InChI is InChI=1S/C20H21N5/c1-12-16(15-10-22-9-13-7-5-6-8-14(13)15)17-18(21)23-11-24-19(17)25(12)20(2,3)4/h5-11H,1-4H3,(H2,21,23,24). The normalized spacial score (nSPS) is 12.2. The van der Waals surface area contributed by atoms with Crippen molar-refractivity contribution in [1.82, 2.24) is 19.5 Å². The number of pyridine rings is 1. The van der Waals surface area contributed by atoms with Gasteiger partial charge in [-0.3, -0.25) is 4.98 Å². The third-order valence-electron chi connectivity index (χ3n) is 4.62. The molecule has 0 unspecified atom stereocenters. The number of nitrogen functional groups attached to an aromatic ring is 1. The van der Waals surface area contributed by atoms with Crippen LogP contribution in [0.4, 0.5) is 5.82 Å². The lowest BCUT2D eigenvalue weighted by Crippen LogP contribution is -2.23. The van der Waals surface area contributed by atoms with Crippen LogP contribution >= 0.6 is 0 Å². The predicted octanol–water partition coefficient (Wildman–Crippen LogP) is 4.29. The second-order valence-corrected chi connectivity index (χ2v) is 7.33. The molecule has 126 valence electrons. The molecule has 3 heterocycles. The lowest BCUT2D eigenvalue weighted by atomic mass is 9.99. The van der Waals surface area contributed by atoms with Crippen LogP contribution in [0.2, 0.25) is 0 Å². The van der Waals surface area contributed by atoms with Crippen LogP contribution in [0.25, 0.3) is 32.9 Å². The van der Waals surface area contributed by atoms with E-state index in [0.29, 0.717) is 5.82 Å². The van der Waals surface area contributed by atoms with Crippen LogP contribution < -0.4 is 5.73 Å². The van der Waals surface area contributed by atoms with Crippen LogP contribution in [0.5, 0.6) is 0 Å². The Labute approximate surface area is 146 Å². The Balaban J connectivity index is 2.21. The summed E-state index contributed by atoms with van der Waals surface area (Å²) < 4.78 is 2.23. The van der Waals surface area contributed by atoms with E-state index in [9.17, 15) is 0 Å². The smallest absolute Gasteiger partial charge is 0.146 e. The van der Waals surface area contributed by atoms with E-state index in [2.05, 4.69) is 59.3 Å². The molecule has 0 radical (unpaired) electrons. The molecule has 5 nitrogen and oxygen atoms in total. The van der Waals surface area contributed by atoms with Gasteiger partial charge in [0.2, 0.25) is 0 Å². The molecule has 0 amide bonds. The molecule has 4 rings (SSSR count). The average Bonchev–Trinajstić information content (AvgIpc) is 2.87. The van der Waals surface area contributed by atoms with Gasteiger partial charge < -0.3 is 10.3 Å². The molecule has 2 N–H and O–H groups in total. The molecule has 25 heavy (non-hydrogen) atoms. The first kappa shape index (κ1) is 15.6. The third kappa shape index (κ3) is 2.27. The van der Waals surface area contributed by atoms with Gasteiger partial charge in [0, 0.05) is 40.1 Å². The van der Waals surface area contributed by atoms with Crippen molar-refractivity contribution in [1.29, 1.82) is 0 Å². The number of benzene rings is 1. The molecule has 0 aliphatic rings. The van der Waals surface area contributed by atoms with E-state index in [0.717, 1.165) is 38.6 Å². The summed E-state index contributed by atoms with van der Waals surface area (Å²) in [6, 6.07) is 8.26. The van der Waals surface area contributed by atoms with Gasteiger partial charge in [0.15, 0.2) is 0 Å². The van der Waals surface area contributed by atoms with E-state index >= 15 is 0 Å². The minimum Gasteiger partial charge on any atom is -0.383 e. The number of hydrogen-bond donors (Lipinski definition) is 1. The highest BCUT2D eigenvalue weighted by atomic mass is 15.1. The zero-order valence-electron chi connectivity index (χ0n) is 14.9. The second kappa shape index (κ2) is 5.28. The summed E-state index contributed by atoms with van der Waals surface area (Å²) in [5.74, 6) is 0.499. The fourth-order valence-corrected chi connectivity index (χ4v) is 3.72. The summed E-state index contributed by atoms with van der Waals surface area (Å²) >= 11 is 0. The van der Waals surface area contributed by atoms with Crippen molar-refractivity contribution in [3.05, 3.63) is 48.7 Å². The number of rotatable bonds is 1. The molecule has 0 saturated heterocycles. The summed E-state index contributed by atoms with van der Waals surface area (Å²) in [7, 11) is 0. The van der Waals surface area contributed by atoms with Crippen molar-refractivity contribution in [2.45, 2.75) is 33.2 Å². The summed E-state index contributed by atoms with van der Waals surface area (Å²) in [6.07, 6.45) is 5.32. The monoisotopic (exact) mass is 331 g/mol. The van der Waals surface area contributed by atoms with E-state index in [4.69, 9.17) is 5.73 Å². The number of fused-ring (bicyclic) bond motifs is 2. The van der Waals surface area contributed by atoms with Crippen molar-refractivity contribution in [2.24, 2.45) is 0 Å². The quantitative estimate of drug-likeness (QED) is 0.565. The van der Waals surface area contributed by atoms with Gasteiger partial charge >= 0.3 is 0 Å². The van der Waals surface area contributed by atoms with Crippen LogP contribution in [0.1, 0.15) is 26.5 Å². The van der Waals surface area contributed by atoms with Gasteiger partial charge in [0.25, 0.3) is 0 Å². The first-order chi connectivity index (χ1) is 11.9. The summed E-state index contributed by atoms with van der Waals surface area (Å²) in [4.78, 5) is 13.2. The molecule has 0 spiro atoms. The number of nitrogens with zero attached hydrogens (tertiary/aromatic N) is 4. The van der Waals surface area contributed by atoms with Crippen LogP contribution in [-0.4, -0.2) is 19.5 Å². The molecule has 0 saturated carbocycles. The Morgan fingerprint density at radius 2 is 1.80 bits per heavy atom. The molecule has 1 aromatic carbocycles. The molecular weight excluding hydrogens is 310 g/mol. The maximum absolute atomic E-state index is 6.28. The topological polar surface area (TPSA) is 69.6 Å². The van der Waals surface area contributed by atoms with Gasteiger partial charge in [0.05, 0.1) is 5.39 Å². The number of aromatic nitrogens is 4. The molecule has 5 heteroatoms. The third-order valence-corrected chi connectivity index (χ3v) is 4.62. The van der Waals surface area contributed by atoms with E-state index < -0.39 is 0 Å². The molecule has 0 fully saturated rings. The molecule has 4 aromatic rings. The minimum atomic E-state index is -0.126. The maximum Gasteiger partial charge on any atom is 0.146 e. The van der Waals surface area contributed by atoms with Crippen molar-refractivity contribution in [3.63, 3.8) is 0 Å². The summed E-state index contributed by atoms with van der Waals surface area (Å²) in [5, 5.41) is 3.15. The zero-order chi connectivity index (χ0) is 17.8. The highest BCUT2D eigenvalue weighted by molar-refractivity contribution is 6.08. The van der Waals surface area contributed by atoms with Gasteiger partial charge in [-0.2, -0.15) is 0 Å². The van der Waals surface area contributed by atoms with Crippen molar-refractivity contribution >= 4 is 27.6 Å². The van der Waals surface area contributed by atoms with Crippen LogP contribution in [-0.2, 0) is 5.54 Å². The molecule has 0 aliphatic heterocycles. The molecule has 0 bridgehead atoms. The van der Waals surface area contributed by atoms with Crippen LogP contribution in [0.3, 0.4) is 0 Å². The van der Waals surface area contributed by atoms with Crippen molar-refractivity contribution < 1.29 is 0 Å². The van der Waals surface area contributed by atoms with E-state index in [1.807, 2.05) is 24.5 Å². The minimum absolute atomic E-state index is 0.126. The number of anilines is 1. The van der Waals surface area contributed by atoms with E-state index in [1.54, 1.807) is 0 Å². The van der Waals surface area contributed by atoms with Crippen LogP contribution in [0, 0.1) is 6.92 Å². The highest BCUT2D eigenvalue weighted by Gasteiger charge is 2.26. The Morgan fingerprint density at radius 1 is 1.04 bits per heavy atom. The lowest BCUT2D eigenvalue weighted by molar-refractivity contribution is 0.401. The largest absolute Gasteiger partial charge is 0.383 e. The fraction of sp³-hybridized carbons (Fsp3) is 0.250. The van der Waals surface area contributed by atoms with E-state index in [1.165, 1.54) is 6.33 Å². The molecule has 0 aliphatic carbocycles. The molecular formula is C20H21N5. The Morgan fingerprint density at radius 3 is 2.56 bits per heavy atom. The Bertz CT molecular complexity index is 1100. The molecule has 3 aromatic heterocycles. The van der Waals surface area contributed by atoms with Crippen molar-refractivity contribution in [3.8, 4) is 11.1 Å². The second-order valence-electron chi connectivity index (χ2n) is 7.33. The lowest BCUT2D eigenvalue weighted by Gasteiger charge is -2.24. The SMILES string of the molecule is Cc1c(-c2cncc3ccccc23)c2c(N)ncnc2n1C(C)(C)C. The summed E-state index contributed by atoms with van der Waals surface area (Å²) in [6.45, 7) is 8.62. The molecule has 0 atom stereocenters. The van der Waals surface area contributed by atoms with Gasteiger partial charge in [-0.1, -0.05) is 24.3 Å². The predicted molar refractivity (Wildman–Crippen MR) is 102 cm³/mol. The van der Waals surface area contributed by atoms with Crippen molar-refractivity contribution in [2.75, 3.05) is 5.73 Å². The Kier molecular flexibility index (Phi) is 3.29. The fourth-order valence-electron chi connectivity index (χ4n) is 3.72. The van der Waals surface area contributed by atoms with E-state index in [-0.39, 0.29) is 5.54 Å². The highest BCUT2D eigenvalue weighted by Crippen LogP contribution is 2.41. The number of nitrogens with two attached hydrogens (primary N) is 1.